The maximum Gasteiger partial charge on any atom is 0.246 e. The van der Waals surface area contributed by atoms with Crippen molar-refractivity contribution in [3.8, 4) is 0 Å². The van der Waals surface area contributed by atoms with Gasteiger partial charge >= 0.3 is 0 Å². The van der Waals surface area contributed by atoms with Crippen molar-refractivity contribution in [3.63, 3.8) is 0 Å². The van der Waals surface area contributed by atoms with Crippen LogP contribution in [0.25, 0.3) is 0 Å². The summed E-state index contributed by atoms with van der Waals surface area (Å²) in [5.74, 6) is -0.0878. The van der Waals surface area contributed by atoms with Crippen LogP contribution in [0.15, 0.2) is 12.7 Å². The number of hydrogen-bond acceptors (Lipinski definition) is 3. The van der Waals surface area contributed by atoms with Gasteiger partial charge in [-0.25, -0.2) is 0 Å². The van der Waals surface area contributed by atoms with Crippen LogP contribution in [0.3, 0.4) is 0 Å². The number of likely N-dealkylation sites (N-methyl/N-ethyl adjacent to an activating group) is 1. The summed E-state index contributed by atoms with van der Waals surface area (Å²) >= 11 is 0. The molecule has 1 saturated carbocycles. The molecule has 1 saturated heterocycles. The number of likely N-dealkylation sites (tertiary alicyclic amines) is 1. The first-order chi connectivity index (χ1) is 9.02. The van der Waals surface area contributed by atoms with Crippen LogP contribution in [0.1, 0.15) is 19.3 Å². The van der Waals surface area contributed by atoms with Crippen LogP contribution in [0, 0.1) is 11.3 Å². The first-order valence-corrected chi connectivity index (χ1v) is 6.78. The predicted molar refractivity (Wildman–Crippen MR) is 71.3 cm³/mol. The molecule has 1 N–H and O–H groups in total. The molecule has 2 rings (SSSR count). The smallest absolute Gasteiger partial charge is 0.246 e. The minimum atomic E-state index is -0.246. The highest BCUT2D eigenvalue weighted by Gasteiger charge is 2.50. The molecule has 2 fully saturated rings. The van der Waals surface area contributed by atoms with Crippen LogP contribution in [0.5, 0.6) is 0 Å². The van der Waals surface area contributed by atoms with Gasteiger partial charge in [-0.1, -0.05) is 13.0 Å². The van der Waals surface area contributed by atoms with E-state index in [-0.39, 0.29) is 36.3 Å². The van der Waals surface area contributed by atoms with Crippen molar-refractivity contribution in [1.82, 2.24) is 9.80 Å². The van der Waals surface area contributed by atoms with Gasteiger partial charge in [-0.3, -0.25) is 9.59 Å². The van der Waals surface area contributed by atoms with Crippen molar-refractivity contribution < 1.29 is 14.7 Å². The second-order valence-electron chi connectivity index (χ2n) is 5.77. The van der Waals surface area contributed by atoms with E-state index in [4.69, 9.17) is 0 Å². The van der Waals surface area contributed by atoms with Gasteiger partial charge in [0.2, 0.25) is 11.8 Å². The van der Waals surface area contributed by atoms with Crippen molar-refractivity contribution in [2.75, 3.05) is 33.3 Å². The Labute approximate surface area is 113 Å². The molecule has 19 heavy (non-hydrogen) atoms. The van der Waals surface area contributed by atoms with Crippen LogP contribution < -0.4 is 0 Å². The number of carbonyl (C=O) groups is 2. The molecule has 0 aromatic rings. The van der Waals surface area contributed by atoms with Gasteiger partial charge in [0.1, 0.15) is 0 Å². The highest BCUT2D eigenvalue weighted by atomic mass is 16.3. The molecular formula is C14H22N2O3. The summed E-state index contributed by atoms with van der Waals surface area (Å²) in [5, 5.41) is 9.46. The van der Waals surface area contributed by atoms with E-state index in [2.05, 4.69) is 6.58 Å². The normalized spacial score (nSPS) is 24.1. The average Bonchev–Trinajstić information content (AvgIpc) is 2.77. The van der Waals surface area contributed by atoms with Gasteiger partial charge in [0.05, 0.1) is 6.54 Å². The van der Waals surface area contributed by atoms with Crippen molar-refractivity contribution in [1.29, 1.82) is 0 Å². The van der Waals surface area contributed by atoms with E-state index in [1.54, 1.807) is 11.9 Å². The maximum atomic E-state index is 12.2. The lowest BCUT2D eigenvalue weighted by atomic mass is 9.63. The molecule has 1 spiro atoms. The second-order valence-corrected chi connectivity index (χ2v) is 5.77. The standard InChI is InChI=1S/C14H22N2O3/c1-3-12(18)15(2)8-13(19)16-7-11(9-17)14(10-16)5-4-6-14/h3,11,17H,1,4-10H2,2H3. The molecule has 0 aromatic carbocycles. The quantitative estimate of drug-likeness (QED) is 0.742. The summed E-state index contributed by atoms with van der Waals surface area (Å²) in [7, 11) is 1.60. The maximum absolute atomic E-state index is 12.2. The Morgan fingerprint density at radius 3 is 2.63 bits per heavy atom. The SMILES string of the molecule is C=CC(=O)N(C)CC(=O)N1CC(CO)C2(CCC2)C1. The number of carbonyl (C=O) groups excluding carboxylic acids is 2. The van der Waals surface area contributed by atoms with E-state index in [0.29, 0.717) is 6.54 Å². The van der Waals surface area contributed by atoms with E-state index in [1.165, 1.54) is 17.4 Å². The zero-order chi connectivity index (χ0) is 14.0. The van der Waals surface area contributed by atoms with E-state index in [0.717, 1.165) is 19.4 Å². The Hall–Kier alpha value is -1.36. The number of aliphatic hydroxyl groups is 1. The van der Waals surface area contributed by atoms with Crippen LogP contribution >= 0.6 is 0 Å². The topological polar surface area (TPSA) is 60.9 Å². The van der Waals surface area contributed by atoms with Gasteiger partial charge in [0.15, 0.2) is 0 Å². The highest BCUT2D eigenvalue weighted by Crippen LogP contribution is 2.51. The summed E-state index contributed by atoms with van der Waals surface area (Å²) < 4.78 is 0. The van der Waals surface area contributed by atoms with Gasteiger partial charge in [-0.15, -0.1) is 0 Å². The molecule has 5 heteroatoms. The Morgan fingerprint density at radius 2 is 2.21 bits per heavy atom. The van der Waals surface area contributed by atoms with E-state index >= 15 is 0 Å². The highest BCUT2D eigenvalue weighted by molar-refractivity contribution is 5.90. The van der Waals surface area contributed by atoms with Crippen LogP contribution in [-0.2, 0) is 9.59 Å². The predicted octanol–water partition coefficient (Wildman–Crippen LogP) is 0.252. The Balaban J connectivity index is 1.94. The molecule has 0 radical (unpaired) electrons. The van der Waals surface area contributed by atoms with Crippen LogP contribution in [-0.4, -0.2) is 60.0 Å². The molecule has 0 aromatic heterocycles. The lowest BCUT2D eigenvalue weighted by molar-refractivity contribution is -0.137. The Bertz CT molecular complexity index is 390. The zero-order valence-corrected chi connectivity index (χ0v) is 11.5. The molecule has 1 aliphatic heterocycles. The third-order valence-electron chi connectivity index (χ3n) is 4.66. The van der Waals surface area contributed by atoms with Crippen molar-refractivity contribution in [3.05, 3.63) is 12.7 Å². The van der Waals surface area contributed by atoms with E-state index in [9.17, 15) is 14.7 Å². The van der Waals surface area contributed by atoms with Gasteiger partial charge in [-0.2, -0.15) is 0 Å². The largest absolute Gasteiger partial charge is 0.396 e. The first-order valence-electron chi connectivity index (χ1n) is 6.78. The molecule has 0 bridgehead atoms. The van der Waals surface area contributed by atoms with Gasteiger partial charge < -0.3 is 14.9 Å². The van der Waals surface area contributed by atoms with E-state index in [1.807, 2.05) is 0 Å². The first kappa shape index (κ1) is 14.1. The molecule has 106 valence electrons. The monoisotopic (exact) mass is 266 g/mol. The average molecular weight is 266 g/mol. The number of rotatable bonds is 4. The van der Waals surface area contributed by atoms with Crippen molar-refractivity contribution >= 4 is 11.8 Å². The minimum absolute atomic E-state index is 0.0417. The van der Waals surface area contributed by atoms with Crippen LogP contribution in [0.4, 0.5) is 0 Å². The summed E-state index contributed by atoms with van der Waals surface area (Å²) in [6.45, 7) is 4.98. The number of aliphatic hydroxyl groups excluding tert-OH is 1. The van der Waals surface area contributed by atoms with E-state index < -0.39 is 0 Å². The molecule has 1 aliphatic carbocycles. The summed E-state index contributed by atoms with van der Waals surface area (Å²) in [4.78, 5) is 26.7. The molecule has 1 unspecified atom stereocenters. The minimum Gasteiger partial charge on any atom is -0.396 e. The van der Waals surface area contributed by atoms with Gasteiger partial charge in [0, 0.05) is 32.7 Å². The van der Waals surface area contributed by atoms with Gasteiger partial charge in [-0.05, 0) is 24.3 Å². The molecule has 2 amide bonds. The lowest BCUT2D eigenvalue weighted by Gasteiger charge is -2.42. The number of hydrogen-bond donors (Lipinski definition) is 1. The number of nitrogens with zero attached hydrogens (tertiary/aromatic N) is 2. The number of amides is 2. The molecule has 1 atom stereocenters. The Kier molecular flexibility index (Phi) is 3.94. The molecule has 2 aliphatic rings. The fourth-order valence-corrected chi connectivity index (χ4v) is 3.21. The summed E-state index contributed by atoms with van der Waals surface area (Å²) in [6.07, 6.45) is 4.60. The van der Waals surface area contributed by atoms with Crippen molar-refractivity contribution in [2.24, 2.45) is 11.3 Å². The summed E-state index contributed by atoms with van der Waals surface area (Å²) in [6, 6.07) is 0. The lowest BCUT2D eigenvalue weighted by Crippen LogP contribution is -2.42. The van der Waals surface area contributed by atoms with Crippen molar-refractivity contribution in [2.45, 2.75) is 19.3 Å². The fourth-order valence-electron chi connectivity index (χ4n) is 3.21. The molecule has 5 nitrogen and oxygen atoms in total. The fraction of sp³-hybridized carbons (Fsp3) is 0.714. The van der Waals surface area contributed by atoms with Crippen LogP contribution in [0.2, 0.25) is 0 Å². The Morgan fingerprint density at radius 1 is 1.53 bits per heavy atom. The zero-order valence-electron chi connectivity index (χ0n) is 11.5. The third-order valence-corrected chi connectivity index (χ3v) is 4.66. The second kappa shape index (κ2) is 5.33. The van der Waals surface area contributed by atoms with Gasteiger partial charge in [0.25, 0.3) is 0 Å². The third kappa shape index (κ3) is 2.52. The summed E-state index contributed by atoms with van der Waals surface area (Å²) in [5.41, 5.74) is 0.144. The molecular weight excluding hydrogens is 244 g/mol. The molecule has 1 heterocycles.